The molecular weight excluding hydrogens is 256 g/mol. The molecule has 0 aliphatic carbocycles. The second-order valence-corrected chi connectivity index (χ2v) is 6.18. The molecule has 1 saturated heterocycles. The Morgan fingerprint density at radius 1 is 1.50 bits per heavy atom. The minimum atomic E-state index is -0.583. The van der Waals surface area contributed by atoms with Gasteiger partial charge in [0.25, 0.3) is 0 Å². The average Bonchev–Trinajstić information content (AvgIpc) is 2.37. The molecule has 1 N–H and O–H groups in total. The Morgan fingerprint density at radius 2 is 2.25 bits per heavy atom. The molecule has 0 spiro atoms. The van der Waals surface area contributed by atoms with Crippen molar-refractivity contribution < 1.29 is 14.6 Å². The van der Waals surface area contributed by atoms with E-state index >= 15 is 0 Å². The van der Waals surface area contributed by atoms with E-state index in [-0.39, 0.29) is 12.0 Å². The first-order valence-corrected chi connectivity index (χ1v) is 6.93. The predicted octanol–water partition coefficient (Wildman–Crippen LogP) is 2.17. The van der Waals surface area contributed by atoms with Gasteiger partial charge in [-0.3, -0.25) is 4.98 Å². The van der Waals surface area contributed by atoms with E-state index in [1.807, 2.05) is 32.9 Å². The van der Waals surface area contributed by atoms with Gasteiger partial charge in [-0.2, -0.15) is 0 Å². The zero-order chi connectivity index (χ0) is 14.8. The van der Waals surface area contributed by atoms with Crippen LogP contribution in [0, 0.1) is 0 Å². The number of nitrogens with zero attached hydrogens (tertiary/aromatic N) is 2. The standard InChI is InChI=1S/C15H22N2O3/c1-15(2,3)20-14(19)17-8-6-12(13(18)10-17)11-5-4-7-16-9-11/h4-5,7,9,12-13,18H,6,8,10H2,1-3H3. The molecule has 1 aliphatic rings. The molecule has 1 aromatic heterocycles. The Morgan fingerprint density at radius 3 is 2.80 bits per heavy atom. The van der Waals surface area contributed by atoms with Crippen LogP contribution in [0.15, 0.2) is 24.5 Å². The Hall–Kier alpha value is -1.62. The van der Waals surface area contributed by atoms with Crippen LogP contribution in [0.1, 0.15) is 38.7 Å². The highest BCUT2D eigenvalue weighted by molar-refractivity contribution is 5.68. The number of amides is 1. The smallest absolute Gasteiger partial charge is 0.410 e. The SMILES string of the molecule is CC(C)(C)OC(=O)N1CCC(c2cccnc2)C(O)C1. The van der Waals surface area contributed by atoms with Crippen molar-refractivity contribution in [3.8, 4) is 0 Å². The van der Waals surface area contributed by atoms with Gasteiger partial charge in [0, 0.05) is 24.9 Å². The van der Waals surface area contributed by atoms with Crippen molar-refractivity contribution in [3.05, 3.63) is 30.1 Å². The van der Waals surface area contributed by atoms with Crippen LogP contribution in [0.2, 0.25) is 0 Å². The second kappa shape index (κ2) is 5.79. The monoisotopic (exact) mass is 278 g/mol. The molecule has 0 aromatic carbocycles. The number of hydrogen-bond acceptors (Lipinski definition) is 4. The summed E-state index contributed by atoms with van der Waals surface area (Å²) in [7, 11) is 0. The van der Waals surface area contributed by atoms with E-state index in [0.717, 1.165) is 5.56 Å². The molecule has 0 radical (unpaired) electrons. The number of β-amino-alcohol motifs (C(OH)–C–C–N with tert-alkyl or cyclic N) is 1. The molecule has 2 rings (SSSR count). The molecule has 2 atom stereocenters. The summed E-state index contributed by atoms with van der Waals surface area (Å²) in [6.45, 7) is 6.40. The van der Waals surface area contributed by atoms with Crippen LogP contribution < -0.4 is 0 Å². The van der Waals surface area contributed by atoms with E-state index in [1.54, 1.807) is 17.3 Å². The molecule has 1 aromatic rings. The molecule has 110 valence electrons. The molecule has 5 heteroatoms. The normalized spacial score (nSPS) is 23.5. The van der Waals surface area contributed by atoms with Crippen LogP contribution in [-0.2, 0) is 4.74 Å². The number of pyridine rings is 1. The fourth-order valence-electron chi connectivity index (χ4n) is 2.41. The van der Waals surface area contributed by atoms with Crippen molar-refractivity contribution in [2.24, 2.45) is 0 Å². The van der Waals surface area contributed by atoms with Gasteiger partial charge in [0.15, 0.2) is 0 Å². The summed E-state index contributed by atoms with van der Waals surface area (Å²) in [6.07, 6.45) is 3.26. The third-order valence-corrected chi connectivity index (χ3v) is 3.35. The molecule has 2 unspecified atom stereocenters. The maximum atomic E-state index is 12.0. The summed E-state index contributed by atoms with van der Waals surface area (Å²) in [4.78, 5) is 17.6. The van der Waals surface area contributed by atoms with Crippen molar-refractivity contribution in [1.82, 2.24) is 9.88 Å². The van der Waals surface area contributed by atoms with Crippen molar-refractivity contribution in [2.45, 2.75) is 44.8 Å². The summed E-state index contributed by atoms with van der Waals surface area (Å²) < 4.78 is 5.33. The first-order chi connectivity index (χ1) is 9.37. The summed E-state index contributed by atoms with van der Waals surface area (Å²) in [6, 6.07) is 3.83. The van der Waals surface area contributed by atoms with Crippen LogP contribution in [-0.4, -0.2) is 45.9 Å². The summed E-state index contributed by atoms with van der Waals surface area (Å²) in [5, 5.41) is 10.3. The zero-order valence-electron chi connectivity index (χ0n) is 12.2. The third-order valence-electron chi connectivity index (χ3n) is 3.35. The minimum absolute atomic E-state index is 0.0300. The van der Waals surface area contributed by atoms with Crippen molar-refractivity contribution in [1.29, 1.82) is 0 Å². The van der Waals surface area contributed by atoms with E-state index in [0.29, 0.717) is 19.5 Å². The zero-order valence-corrected chi connectivity index (χ0v) is 12.2. The lowest BCUT2D eigenvalue weighted by atomic mass is 9.88. The highest BCUT2D eigenvalue weighted by Gasteiger charge is 2.33. The number of rotatable bonds is 1. The maximum absolute atomic E-state index is 12.0. The number of piperidine rings is 1. The van der Waals surface area contributed by atoms with Gasteiger partial charge in [-0.15, -0.1) is 0 Å². The van der Waals surface area contributed by atoms with Gasteiger partial charge in [-0.05, 0) is 38.8 Å². The van der Waals surface area contributed by atoms with Gasteiger partial charge in [0.2, 0.25) is 0 Å². The molecule has 20 heavy (non-hydrogen) atoms. The Bertz CT molecular complexity index is 456. The molecule has 1 aliphatic heterocycles. The van der Waals surface area contributed by atoms with E-state index in [1.165, 1.54) is 0 Å². The number of carbonyl (C=O) groups is 1. The van der Waals surface area contributed by atoms with Crippen LogP contribution in [0.4, 0.5) is 4.79 Å². The van der Waals surface area contributed by atoms with Gasteiger partial charge in [0.1, 0.15) is 5.60 Å². The molecule has 2 heterocycles. The predicted molar refractivity (Wildman–Crippen MR) is 75.4 cm³/mol. The van der Waals surface area contributed by atoms with Crippen molar-refractivity contribution >= 4 is 6.09 Å². The van der Waals surface area contributed by atoms with E-state index in [9.17, 15) is 9.90 Å². The number of ether oxygens (including phenoxy) is 1. The lowest BCUT2D eigenvalue weighted by molar-refractivity contribution is -0.00154. The Labute approximate surface area is 119 Å². The molecule has 1 amide bonds. The van der Waals surface area contributed by atoms with Gasteiger partial charge in [-0.1, -0.05) is 6.07 Å². The first-order valence-electron chi connectivity index (χ1n) is 6.93. The highest BCUT2D eigenvalue weighted by atomic mass is 16.6. The average molecular weight is 278 g/mol. The molecule has 0 saturated carbocycles. The van der Waals surface area contributed by atoms with E-state index in [2.05, 4.69) is 4.98 Å². The lowest BCUT2D eigenvalue weighted by Crippen LogP contribution is -2.47. The topological polar surface area (TPSA) is 62.7 Å². The van der Waals surface area contributed by atoms with Gasteiger partial charge >= 0.3 is 6.09 Å². The Kier molecular flexibility index (Phi) is 4.28. The fraction of sp³-hybridized carbons (Fsp3) is 0.600. The number of aliphatic hydroxyl groups is 1. The fourth-order valence-corrected chi connectivity index (χ4v) is 2.41. The molecule has 5 nitrogen and oxygen atoms in total. The summed E-state index contributed by atoms with van der Waals surface area (Å²) in [5.74, 6) is 0.0300. The number of carbonyl (C=O) groups excluding carboxylic acids is 1. The second-order valence-electron chi connectivity index (χ2n) is 6.18. The van der Waals surface area contributed by atoms with Gasteiger partial charge in [0.05, 0.1) is 12.6 Å². The van der Waals surface area contributed by atoms with Crippen molar-refractivity contribution in [2.75, 3.05) is 13.1 Å². The van der Waals surface area contributed by atoms with Crippen LogP contribution >= 0.6 is 0 Å². The Balaban J connectivity index is 1.97. The summed E-state index contributed by atoms with van der Waals surface area (Å²) >= 11 is 0. The number of likely N-dealkylation sites (tertiary alicyclic amines) is 1. The molecule has 1 fully saturated rings. The first kappa shape index (κ1) is 14.8. The van der Waals surface area contributed by atoms with Crippen LogP contribution in [0.3, 0.4) is 0 Å². The summed E-state index contributed by atoms with van der Waals surface area (Å²) in [5.41, 5.74) is 0.506. The lowest BCUT2D eigenvalue weighted by Gasteiger charge is -2.36. The molecule has 0 bridgehead atoms. The quantitative estimate of drug-likeness (QED) is 0.855. The molecular formula is C15H22N2O3. The number of aromatic nitrogens is 1. The van der Waals surface area contributed by atoms with Crippen LogP contribution in [0.5, 0.6) is 0 Å². The van der Waals surface area contributed by atoms with Crippen LogP contribution in [0.25, 0.3) is 0 Å². The van der Waals surface area contributed by atoms with Gasteiger partial charge in [-0.25, -0.2) is 4.79 Å². The van der Waals surface area contributed by atoms with Gasteiger partial charge < -0.3 is 14.7 Å². The minimum Gasteiger partial charge on any atom is -0.444 e. The van der Waals surface area contributed by atoms with E-state index in [4.69, 9.17) is 4.74 Å². The maximum Gasteiger partial charge on any atom is 0.410 e. The van der Waals surface area contributed by atoms with Crippen molar-refractivity contribution in [3.63, 3.8) is 0 Å². The third kappa shape index (κ3) is 3.70. The highest BCUT2D eigenvalue weighted by Crippen LogP contribution is 2.28. The van der Waals surface area contributed by atoms with E-state index < -0.39 is 11.7 Å². The number of aliphatic hydroxyl groups excluding tert-OH is 1. The number of hydrogen-bond donors (Lipinski definition) is 1. The largest absolute Gasteiger partial charge is 0.444 e.